The van der Waals surface area contributed by atoms with Crippen LogP contribution in [-0.4, -0.2) is 14.9 Å². The first-order valence-corrected chi connectivity index (χ1v) is 13.0. The van der Waals surface area contributed by atoms with Gasteiger partial charge >= 0.3 is 0 Å². The van der Waals surface area contributed by atoms with Gasteiger partial charge in [0.25, 0.3) is 0 Å². The molecule has 0 atom stereocenters. The molecule has 4 heteroatoms. The Labute approximate surface area is 173 Å². The van der Waals surface area contributed by atoms with Crippen molar-refractivity contribution >= 4 is 24.2 Å². The maximum absolute atomic E-state index is 6.19. The van der Waals surface area contributed by atoms with Crippen LogP contribution in [0.3, 0.4) is 0 Å². The Morgan fingerprint density at radius 2 is 1.70 bits per heavy atom. The molecule has 2 aromatic rings. The van der Waals surface area contributed by atoms with Gasteiger partial charge < -0.3 is 9.16 Å². The summed E-state index contributed by atoms with van der Waals surface area (Å²) in [6.45, 7) is 12.5. The van der Waals surface area contributed by atoms with Crippen molar-refractivity contribution in [3.05, 3.63) is 64.1 Å². The first-order valence-electron chi connectivity index (χ1n) is 9.29. The van der Waals surface area contributed by atoms with E-state index in [4.69, 9.17) is 9.16 Å². The topological polar surface area (TPSA) is 18.5 Å². The smallest absolute Gasteiger partial charge is 0.192 e. The summed E-state index contributed by atoms with van der Waals surface area (Å²) in [5.74, 6) is 7.30. The predicted molar refractivity (Wildman–Crippen MR) is 120 cm³/mol. The molecule has 0 aliphatic rings. The number of hydrogen-bond donors (Lipinski definition) is 0. The lowest BCUT2D eigenvalue weighted by Crippen LogP contribution is -2.40. The summed E-state index contributed by atoms with van der Waals surface area (Å²) >= 11 is 3.59. The summed E-state index contributed by atoms with van der Waals surface area (Å²) in [5.41, 5.74) is 2.03. The molecule has 0 bridgehead atoms. The van der Waals surface area contributed by atoms with Gasteiger partial charge in [0, 0.05) is 17.5 Å². The van der Waals surface area contributed by atoms with Crippen LogP contribution in [0.5, 0.6) is 5.75 Å². The molecule has 0 fully saturated rings. The van der Waals surface area contributed by atoms with Crippen molar-refractivity contribution in [2.45, 2.75) is 51.9 Å². The van der Waals surface area contributed by atoms with Crippen molar-refractivity contribution in [1.82, 2.24) is 0 Å². The van der Waals surface area contributed by atoms with Crippen LogP contribution < -0.4 is 4.74 Å². The third kappa shape index (κ3) is 6.53. The van der Waals surface area contributed by atoms with Crippen LogP contribution in [0.25, 0.3) is 0 Å². The largest absolute Gasteiger partial charge is 0.488 e. The highest BCUT2D eigenvalue weighted by Gasteiger charge is 2.36. The molecule has 0 unspecified atom stereocenters. The normalized spacial score (nSPS) is 11.6. The predicted octanol–water partition coefficient (Wildman–Crippen LogP) is 6.79. The minimum atomic E-state index is -1.71. The summed E-state index contributed by atoms with van der Waals surface area (Å²) in [6, 6.07) is 16.1. The molecule has 0 heterocycles. The van der Waals surface area contributed by atoms with Gasteiger partial charge in [-0.15, -0.1) is 0 Å². The average Bonchev–Trinajstić information content (AvgIpc) is 2.61. The fourth-order valence-corrected chi connectivity index (χ4v) is 3.70. The zero-order chi connectivity index (χ0) is 19.9. The van der Waals surface area contributed by atoms with E-state index in [1.54, 1.807) is 0 Å². The molecule has 2 aromatic carbocycles. The SMILES string of the molecule is CC(C)(C)[Si](C)(C)OCCC#Cc1c(Br)cccc1OCc1ccccc1. The van der Waals surface area contributed by atoms with E-state index >= 15 is 0 Å². The van der Waals surface area contributed by atoms with E-state index < -0.39 is 8.32 Å². The quantitative estimate of drug-likeness (QED) is 0.277. The third-order valence-electron chi connectivity index (χ3n) is 4.92. The maximum Gasteiger partial charge on any atom is 0.192 e. The molecule has 144 valence electrons. The van der Waals surface area contributed by atoms with Gasteiger partial charge in [0.2, 0.25) is 0 Å². The molecule has 0 amide bonds. The first-order chi connectivity index (χ1) is 12.7. The zero-order valence-electron chi connectivity index (χ0n) is 16.9. The van der Waals surface area contributed by atoms with Crippen LogP contribution in [0, 0.1) is 11.8 Å². The van der Waals surface area contributed by atoms with Gasteiger partial charge in [-0.05, 0) is 51.8 Å². The van der Waals surface area contributed by atoms with Crippen LogP contribution in [0.15, 0.2) is 53.0 Å². The Bertz CT molecular complexity index is 799. The van der Waals surface area contributed by atoms with Crippen molar-refractivity contribution in [3.63, 3.8) is 0 Å². The number of halogens is 1. The number of rotatable bonds is 6. The third-order valence-corrected chi connectivity index (χ3v) is 10.1. The van der Waals surface area contributed by atoms with Gasteiger partial charge in [0.05, 0.1) is 5.56 Å². The second-order valence-electron chi connectivity index (χ2n) is 8.05. The fourth-order valence-electron chi connectivity index (χ4n) is 2.21. The molecular weight excluding hydrogens is 416 g/mol. The van der Waals surface area contributed by atoms with Gasteiger partial charge in [0.15, 0.2) is 8.32 Å². The monoisotopic (exact) mass is 444 g/mol. The molecular formula is C23H29BrO2Si. The Morgan fingerprint density at radius 1 is 1.00 bits per heavy atom. The Kier molecular flexibility index (Phi) is 7.73. The van der Waals surface area contributed by atoms with E-state index in [0.29, 0.717) is 19.6 Å². The van der Waals surface area contributed by atoms with Gasteiger partial charge in [-0.2, -0.15) is 0 Å². The second-order valence-corrected chi connectivity index (χ2v) is 13.7. The van der Waals surface area contributed by atoms with Crippen molar-refractivity contribution < 1.29 is 9.16 Å². The van der Waals surface area contributed by atoms with Crippen molar-refractivity contribution in [1.29, 1.82) is 0 Å². The molecule has 0 saturated heterocycles. The van der Waals surface area contributed by atoms with Gasteiger partial charge in [-0.25, -0.2) is 0 Å². The lowest BCUT2D eigenvalue weighted by atomic mass is 10.2. The Morgan fingerprint density at radius 3 is 2.37 bits per heavy atom. The van der Waals surface area contributed by atoms with Crippen LogP contribution in [0.1, 0.15) is 38.3 Å². The van der Waals surface area contributed by atoms with Crippen molar-refractivity contribution in [3.8, 4) is 17.6 Å². The summed E-state index contributed by atoms with van der Waals surface area (Å²) in [5, 5.41) is 0.224. The van der Waals surface area contributed by atoms with Crippen LogP contribution >= 0.6 is 15.9 Å². The lowest BCUT2D eigenvalue weighted by Gasteiger charge is -2.35. The number of benzene rings is 2. The number of hydrogen-bond acceptors (Lipinski definition) is 2. The second kappa shape index (κ2) is 9.59. The average molecular weight is 445 g/mol. The Balaban J connectivity index is 1.99. The van der Waals surface area contributed by atoms with Crippen LogP contribution in [-0.2, 0) is 11.0 Å². The summed E-state index contributed by atoms with van der Waals surface area (Å²) in [6.07, 6.45) is 0.714. The highest BCUT2D eigenvalue weighted by atomic mass is 79.9. The molecule has 0 aromatic heterocycles. The summed E-state index contributed by atoms with van der Waals surface area (Å²) in [7, 11) is -1.71. The molecule has 0 spiro atoms. The molecule has 0 aliphatic heterocycles. The van der Waals surface area contributed by atoms with Gasteiger partial charge in [-0.3, -0.25) is 0 Å². The van der Waals surface area contributed by atoms with Crippen LogP contribution in [0.2, 0.25) is 18.1 Å². The molecule has 0 N–H and O–H groups in total. The minimum absolute atomic E-state index is 0.224. The Hall–Kier alpha value is -1.54. The van der Waals surface area contributed by atoms with E-state index in [1.807, 2.05) is 36.4 Å². The fraction of sp³-hybridized carbons (Fsp3) is 0.391. The zero-order valence-corrected chi connectivity index (χ0v) is 19.5. The maximum atomic E-state index is 6.19. The highest BCUT2D eigenvalue weighted by Crippen LogP contribution is 2.36. The highest BCUT2D eigenvalue weighted by molar-refractivity contribution is 9.10. The van der Waals surface area contributed by atoms with Gasteiger partial charge in [0.1, 0.15) is 12.4 Å². The van der Waals surface area contributed by atoms with E-state index in [0.717, 1.165) is 21.3 Å². The van der Waals surface area contributed by atoms with E-state index in [9.17, 15) is 0 Å². The van der Waals surface area contributed by atoms with Gasteiger partial charge in [-0.1, -0.05) is 69.0 Å². The first kappa shape index (κ1) is 21.8. The molecule has 2 nitrogen and oxygen atoms in total. The molecule has 0 aliphatic carbocycles. The molecule has 27 heavy (non-hydrogen) atoms. The summed E-state index contributed by atoms with van der Waals surface area (Å²) < 4.78 is 13.1. The lowest BCUT2D eigenvalue weighted by molar-refractivity contribution is 0.296. The van der Waals surface area contributed by atoms with Crippen LogP contribution in [0.4, 0.5) is 0 Å². The molecule has 0 saturated carbocycles. The molecule has 0 radical (unpaired) electrons. The standard InChI is InChI=1S/C23H29BrO2Si/c1-23(2,3)27(4,5)26-17-10-9-14-20-21(24)15-11-16-22(20)25-18-19-12-7-6-8-13-19/h6-8,11-13,15-16H,10,17-18H2,1-5H3. The minimum Gasteiger partial charge on any atom is -0.488 e. The number of ether oxygens (including phenoxy) is 1. The van der Waals surface area contributed by atoms with E-state index in [1.165, 1.54) is 0 Å². The van der Waals surface area contributed by atoms with E-state index in [2.05, 4.69) is 73.8 Å². The summed E-state index contributed by atoms with van der Waals surface area (Å²) in [4.78, 5) is 0. The van der Waals surface area contributed by atoms with Crippen molar-refractivity contribution in [2.24, 2.45) is 0 Å². The van der Waals surface area contributed by atoms with Crippen molar-refractivity contribution in [2.75, 3.05) is 6.61 Å². The van der Waals surface area contributed by atoms with E-state index in [-0.39, 0.29) is 5.04 Å². The molecule has 2 rings (SSSR count).